The van der Waals surface area contributed by atoms with Crippen molar-refractivity contribution in [3.63, 3.8) is 0 Å². The molecule has 150 valence electrons. The third-order valence-electron chi connectivity index (χ3n) is 4.54. The van der Waals surface area contributed by atoms with Gasteiger partial charge in [0.05, 0.1) is 16.7 Å². The minimum atomic E-state index is -3.90. The van der Waals surface area contributed by atoms with Gasteiger partial charge in [-0.3, -0.25) is 9.10 Å². The summed E-state index contributed by atoms with van der Waals surface area (Å²) in [5, 5.41) is 2.79. The molecule has 0 saturated carbocycles. The summed E-state index contributed by atoms with van der Waals surface area (Å²) >= 11 is 3.37. The largest absolute Gasteiger partial charge is 0.376 e. The van der Waals surface area contributed by atoms with E-state index in [-0.39, 0.29) is 23.5 Å². The number of aryl methyl sites for hydroxylation is 1. The number of sulfonamides is 1. The molecular formula is C20H23BrN2O4S. The summed E-state index contributed by atoms with van der Waals surface area (Å²) < 4.78 is 33.9. The Balaban J connectivity index is 1.84. The summed E-state index contributed by atoms with van der Waals surface area (Å²) in [5.41, 5.74) is 1.38. The molecule has 1 aliphatic rings. The second-order valence-corrected chi connectivity index (χ2v) is 9.52. The van der Waals surface area contributed by atoms with Crippen molar-refractivity contribution < 1.29 is 17.9 Å². The van der Waals surface area contributed by atoms with Gasteiger partial charge in [0.15, 0.2) is 0 Å². The number of amides is 1. The molecule has 2 aromatic rings. The van der Waals surface area contributed by atoms with Gasteiger partial charge in [0.1, 0.15) is 6.54 Å². The van der Waals surface area contributed by atoms with Gasteiger partial charge in [0.25, 0.3) is 10.0 Å². The van der Waals surface area contributed by atoms with E-state index in [9.17, 15) is 13.2 Å². The molecular weight excluding hydrogens is 444 g/mol. The molecule has 1 fully saturated rings. The second-order valence-electron chi connectivity index (χ2n) is 6.74. The number of nitrogens with zero attached hydrogens (tertiary/aromatic N) is 1. The smallest absolute Gasteiger partial charge is 0.264 e. The van der Waals surface area contributed by atoms with Crippen LogP contribution in [0.5, 0.6) is 0 Å². The van der Waals surface area contributed by atoms with Crippen molar-refractivity contribution in [1.29, 1.82) is 0 Å². The maximum Gasteiger partial charge on any atom is 0.264 e. The Morgan fingerprint density at radius 3 is 2.64 bits per heavy atom. The fourth-order valence-electron chi connectivity index (χ4n) is 3.00. The Labute approximate surface area is 174 Å². The topological polar surface area (TPSA) is 75.7 Å². The number of ether oxygens (including phenoxy) is 1. The van der Waals surface area contributed by atoms with E-state index < -0.39 is 10.0 Å². The zero-order valence-electron chi connectivity index (χ0n) is 15.6. The molecule has 1 amide bonds. The number of carbonyl (C=O) groups excluding carboxylic acids is 1. The van der Waals surface area contributed by atoms with E-state index in [0.717, 1.165) is 27.2 Å². The number of anilines is 1. The molecule has 28 heavy (non-hydrogen) atoms. The lowest BCUT2D eigenvalue weighted by molar-refractivity contribution is -0.120. The molecule has 2 aromatic carbocycles. The van der Waals surface area contributed by atoms with Crippen LogP contribution in [-0.2, 0) is 19.6 Å². The zero-order valence-corrected chi connectivity index (χ0v) is 18.0. The van der Waals surface area contributed by atoms with Crippen molar-refractivity contribution in [3.8, 4) is 0 Å². The van der Waals surface area contributed by atoms with Crippen LogP contribution in [-0.4, -0.2) is 40.1 Å². The van der Waals surface area contributed by atoms with Gasteiger partial charge in [0.2, 0.25) is 5.91 Å². The summed E-state index contributed by atoms with van der Waals surface area (Å²) in [6.45, 7) is 2.67. The molecule has 1 saturated heterocycles. The molecule has 3 rings (SSSR count). The minimum absolute atomic E-state index is 0.00280. The molecule has 1 heterocycles. The summed E-state index contributed by atoms with van der Waals surface area (Å²) in [6, 6.07) is 13.5. The van der Waals surface area contributed by atoms with Gasteiger partial charge < -0.3 is 10.1 Å². The average molecular weight is 467 g/mol. The van der Waals surface area contributed by atoms with Crippen molar-refractivity contribution in [3.05, 3.63) is 58.6 Å². The Morgan fingerprint density at radius 1 is 1.25 bits per heavy atom. The van der Waals surface area contributed by atoms with Crippen molar-refractivity contribution in [2.75, 3.05) is 24.0 Å². The first-order chi connectivity index (χ1) is 13.4. The van der Waals surface area contributed by atoms with Crippen LogP contribution in [0.15, 0.2) is 57.9 Å². The van der Waals surface area contributed by atoms with Crippen LogP contribution >= 0.6 is 15.9 Å². The first-order valence-electron chi connectivity index (χ1n) is 9.09. The van der Waals surface area contributed by atoms with Crippen LogP contribution in [0.2, 0.25) is 0 Å². The van der Waals surface area contributed by atoms with E-state index >= 15 is 0 Å². The summed E-state index contributed by atoms with van der Waals surface area (Å²) in [5.74, 6) is -0.369. The third-order valence-corrected chi connectivity index (χ3v) is 6.82. The van der Waals surface area contributed by atoms with Gasteiger partial charge in [0, 0.05) is 17.6 Å². The lowest BCUT2D eigenvalue weighted by Gasteiger charge is -2.24. The quantitative estimate of drug-likeness (QED) is 0.679. The highest BCUT2D eigenvalue weighted by Crippen LogP contribution is 2.26. The molecule has 1 N–H and O–H groups in total. The van der Waals surface area contributed by atoms with Crippen LogP contribution in [0, 0.1) is 6.92 Å². The maximum absolute atomic E-state index is 13.3. The van der Waals surface area contributed by atoms with Gasteiger partial charge in [-0.2, -0.15) is 0 Å². The van der Waals surface area contributed by atoms with Gasteiger partial charge >= 0.3 is 0 Å². The number of benzene rings is 2. The van der Waals surface area contributed by atoms with Crippen molar-refractivity contribution >= 4 is 37.5 Å². The van der Waals surface area contributed by atoms with Gasteiger partial charge in [-0.1, -0.05) is 39.7 Å². The number of halogens is 1. The predicted octanol–water partition coefficient (Wildman–Crippen LogP) is 3.25. The fourth-order valence-corrected chi connectivity index (χ4v) is 4.80. The first-order valence-corrected chi connectivity index (χ1v) is 11.3. The molecule has 0 unspecified atom stereocenters. The Kier molecular flexibility index (Phi) is 6.74. The average Bonchev–Trinajstić information content (AvgIpc) is 3.18. The van der Waals surface area contributed by atoms with Gasteiger partial charge in [-0.25, -0.2) is 8.42 Å². The zero-order chi connectivity index (χ0) is 20.1. The summed E-state index contributed by atoms with van der Waals surface area (Å²) in [6.07, 6.45) is 1.88. The lowest BCUT2D eigenvalue weighted by Crippen LogP contribution is -2.42. The Hall–Kier alpha value is -1.90. The highest BCUT2D eigenvalue weighted by Gasteiger charge is 2.27. The Bertz CT molecular complexity index is 925. The molecule has 6 nitrogen and oxygen atoms in total. The normalized spacial score (nSPS) is 16.7. The number of nitrogens with one attached hydrogen (secondary N) is 1. The molecule has 0 bridgehead atoms. The number of carbonyl (C=O) groups is 1. The fraction of sp³-hybridized carbons (Fsp3) is 0.350. The van der Waals surface area contributed by atoms with E-state index in [1.54, 1.807) is 48.5 Å². The predicted molar refractivity (Wildman–Crippen MR) is 112 cm³/mol. The molecule has 0 aliphatic carbocycles. The van der Waals surface area contributed by atoms with E-state index in [1.807, 2.05) is 6.92 Å². The number of hydrogen-bond donors (Lipinski definition) is 1. The minimum Gasteiger partial charge on any atom is -0.376 e. The second kappa shape index (κ2) is 9.07. The Morgan fingerprint density at radius 2 is 2.00 bits per heavy atom. The summed E-state index contributed by atoms with van der Waals surface area (Å²) in [7, 11) is -3.90. The van der Waals surface area contributed by atoms with Crippen molar-refractivity contribution in [2.45, 2.75) is 30.8 Å². The van der Waals surface area contributed by atoms with Crippen molar-refractivity contribution in [1.82, 2.24) is 5.32 Å². The van der Waals surface area contributed by atoms with E-state index in [0.29, 0.717) is 18.8 Å². The van der Waals surface area contributed by atoms with Crippen LogP contribution in [0.4, 0.5) is 5.69 Å². The van der Waals surface area contributed by atoms with Crippen LogP contribution in [0.3, 0.4) is 0 Å². The molecule has 0 spiro atoms. The summed E-state index contributed by atoms with van der Waals surface area (Å²) in [4.78, 5) is 12.7. The maximum atomic E-state index is 13.3. The first kappa shape index (κ1) is 20.8. The SMILES string of the molecule is Cc1ccc(S(=O)(=O)N(CC(=O)NC[C@H]2CCCO2)c2cccc(Br)c2)cc1. The van der Waals surface area contributed by atoms with Crippen LogP contribution < -0.4 is 9.62 Å². The van der Waals surface area contributed by atoms with E-state index in [1.165, 1.54) is 0 Å². The number of hydrogen-bond acceptors (Lipinski definition) is 4. The monoisotopic (exact) mass is 466 g/mol. The van der Waals surface area contributed by atoms with Crippen molar-refractivity contribution in [2.24, 2.45) is 0 Å². The van der Waals surface area contributed by atoms with E-state index in [2.05, 4.69) is 21.2 Å². The van der Waals surface area contributed by atoms with E-state index in [4.69, 9.17) is 4.74 Å². The molecule has 1 atom stereocenters. The molecule has 0 radical (unpaired) electrons. The van der Waals surface area contributed by atoms with Crippen LogP contribution in [0.1, 0.15) is 18.4 Å². The molecule has 8 heteroatoms. The third kappa shape index (κ3) is 5.12. The molecule has 1 aliphatic heterocycles. The van der Waals surface area contributed by atoms with Crippen LogP contribution in [0.25, 0.3) is 0 Å². The standard InChI is InChI=1S/C20H23BrN2O4S/c1-15-7-9-19(10-8-15)28(25,26)23(17-5-2-4-16(21)12-17)14-20(24)22-13-18-6-3-11-27-18/h2,4-5,7-10,12,18H,3,6,11,13-14H2,1H3,(H,22,24)/t18-/m1/s1. The van der Waals surface area contributed by atoms with Gasteiger partial charge in [-0.05, 0) is 50.1 Å². The number of rotatable bonds is 7. The van der Waals surface area contributed by atoms with Gasteiger partial charge in [-0.15, -0.1) is 0 Å². The molecule has 0 aromatic heterocycles. The highest BCUT2D eigenvalue weighted by molar-refractivity contribution is 9.10. The highest BCUT2D eigenvalue weighted by atomic mass is 79.9. The lowest BCUT2D eigenvalue weighted by atomic mass is 10.2.